The van der Waals surface area contributed by atoms with Gasteiger partial charge in [-0.3, -0.25) is 9.59 Å². The summed E-state index contributed by atoms with van der Waals surface area (Å²) in [5.74, 6) is -1.86. The standard InChI is InChI=1S/C17H24N2O5/c1-4-11(2)14(15(20)18-12(3)16(21)22)19-17(23)24-10-13-8-6-5-7-9-13/h5-9,11-12,14H,4,10H2,1-3H3,(H,18,20)(H,19,23)(H,21,22)/t11?,12-,14-/m1/s1. The van der Waals surface area contributed by atoms with Crippen molar-refractivity contribution in [1.82, 2.24) is 10.6 Å². The number of hydrogen-bond donors (Lipinski definition) is 3. The molecule has 7 nitrogen and oxygen atoms in total. The van der Waals surface area contributed by atoms with Crippen LogP contribution in [-0.2, 0) is 20.9 Å². The van der Waals surface area contributed by atoms with E-state index in [0.717, 1.165) is 5.56 Å². The molecule has 1 rings (SSSR count). The third-order valence-electron chi connectivity index (χ3n) is 3.71. The molecule has 0 heterocycles. The van der Waals surface area contributed by atoms with Crippen LogP contribution in [0.3, 0.4) is 0 Å². The Morgan fingerprint density at radius 1 is 1.12 bits per heavy atom. The fourth-order valence-electron chi connectivity index (χ4n) is 1.96. The Morgan fingerprint density at radius 3 is 2.29 bits per heavy atom. The van der Waals surface area contributed by atoms with Crippen molar-refractivity contribution in [3.8, 4) is 0 Å². The van der Waals surface area contributed by atoms with Gasteiger partial charge in [-0.25, -0.2) is 4.79 Å². The molecule has 24 heavy (non-hydrogen) atoms. The molecule has 0 fully saturated rings. The minimum atomic E-state index is -1.14. The zero-order valence-electron chi connectivity index (χ0n) is 14.1. The zero-order chi connectivity index (χ0) is 18.1. The third kappa shape index (κ3) is 6.28. The van der Waals surface area contributed by atoms with Crippen LogP contribution in [0.25, 0.3) is 0 Å². The van der Waals surface area contributed by atoms with E-state index in [0.29, 0.717) is 6.42 Å². The highest BCUT2D eigenvalue weighted by atomic mass is 16.5. The molecule has 0 radical (unpaired) electrons. The van der Waals surface area contributed by atoms with E-state index in [1.54, 1.807) is 6.92 Å². The number of carboxylic acid groups (broad SMARTS) is 1. The molecule has 0 aliphatic rings. The number of carbonyl (C=O) groups excluding carboxylic acids is 2. The molecule has 3 atom stereocenters. The number of alkyl carbamates (subject to hydrolysis) is 1. The van der Waals surface area contributed by atoms with Crippen LogP contribution in [0.5, 0.6) is 0 Å². The summed E-state index contributed by atoms with van der Waals surface area (Å²) in [5, 5.41) is 13.8. The minimum absolute atomic E-state index is 0.0903. The molecule has 1 aromatic carbocycles. The van der Waals surface area contributed by atoms with Gasteiger partial charge in [0.2, 0.25) is 5.91 Å². The molecule has 0 saturated carbocycles. The summed E-state index contributed by atoms with van der Waals surface area (Å²) in [7, 11) is 0. The normalized spacial score (nSPS) is 14.1. The molecule has 0 saturated heterocycles. The number of amides is 2. The zero-order valence-corrected chi connectivity index (χ0v) is 14.1. The molecule has 0 aliphatic heterocycles. The van der Waals surface area contributed by atoms with Crippen molar-refractivity contribution in [2.24, 2.45) is 5.92 Å². The average Bonchev–Trinajstić information content (AvgIpc) is 2.57. The molecule has 0 aliphatic carbocycles. The van der Waals surface area contributed by atoms with Gasteiger partial charge in [0.05, 0.1) is 0 Å². The van der Waals surface area contributed by atoms with E-state index >= 15 is 0 Å². The van der Waals surface area contributed by atoms with Crippen LogP contribution in [0.1, 0.15) is 32.8 Å². The van der Waals surface area contributed by atoms with Gasteiger partial charge in [0.1, 0.15) is 18.7 Å². The van der Waals surface area contributed by atoms with E-state index in [9.17, 15) is 14.4 Å². The second-order valence-electron chi connectivity index (χ2n) is 5.64. The van der Waals surface area contributed by atoms with E-state index in [1.807, 2.05) is 37.3 Å². The first kappa shape index (κ1) is 19.5. The molecule has 0 bridgehead atoms. The predicted molar refractivity (Wildman–Crippen MR) is 88.2 cm³/mol. The lowest BCUT2D eigenvalue weighted by Crippen LogP contribution is -2.53. The van der Waals surface area contributed by atoms with Crippen LogP contribution >= 0.6 is 0 Å². The van der Waals surface area contributed by atoms with E-state index in [-0.39, 0.29) is 12.5 Å². The topological polar surface area (TPSA) is 105 Å². The van der Waals surface area contributed by atoms with Crippen molar-refractivity contribution in [1.29, 1.82) is 0 Å². The summed E-state index contributed by atoms with van der Waals surface area (Å²) >= 11 is 0. The lowest BCUT2D eigenvalue weighted by atomic mass is 9.98. The SMILES string of the molecule is CCC(C)[C@@H](NC(=O)OCc1ccccc1)C(=O)N[C@H](C)C(=O)O. The molecule has 0 spiro atoms. The maximum Gasteiger partial charge on any atom is 0.408 e. The van der Waals surface area contributed by atoms with Crippen LogP contribution in [0.15, 0.2) is 30.3 Å². The number of ether oxygens (including phenoxy) is 1. The van der Waals surface area contributed by atoms with Crippen LogP contribution < -0.4 is 10.6 Å². The van der Waals surface area contributed by atoms with Crippen LogP contribution in [-0.4, -0.2) is 35.2 Å². The molecule has 0 aromatic heterocycles. The third-order valence-corrected chi connectivity index (χ3v) is 3.71. The Hall–Kier alpha value is -2.57. The highest BCUT2D eigenvalue weighted by Gasteiger charge is 2.28. The molecule has 132 valence electrons. The Labute approximate surface area is 141 Å². The minimum Gasteiger partial charge on any atom is -0.480 e. The molecule has 2 amide bonds. The fraction of sp³-hybridized carbons (Fsp3) is 0.471. The number of aliphatic carboxylic acids is 1. The monoisotopic (exact) mass is 336 g/mol. The van der Waals surface area contributed by atoms with Crippen LogP contribution in [0, 0.1) is 5.92 Å². The molecule has 1 aromatic rings. The Morgan fingerprint density at radius 2 is 1.75 bits per heavy atom. The van der Waals surface area contributed by atoms with Gasteiger partial charge in [-0.05, 0) is 18.4 Å². The summed E-state index contributed by atoms with van der Waals surface area (Å²) in [4.78, 5) is 35.0. The van der Waals surface area contributed by atoms with E-state index in [4.69, 9.17) is 9.84 Å². The van der Waals surface area contributed by atoms with Crippen molar-refractivity contribution < 1.29 is 24.2 Å². The van der Waals surface area contributed by atoms with Gasteiger partial charge in [0, 0.05) is 0 Å². The van der Waals surface area contributed by atoms with Crippen LogP contribution in [0.4, 0.5) is 4.79 Å². The van der Waals surface area contributed by atoms with Gasteiger partial charge in [-0.15, -0.1) is 0 Å². The predicted octanol–water partition coefficient (Wildman–Crippen LogP) is 1.92. The number of carboxylic acids is 1. The lowest BCUT2D eigenvalue weighted by molar-refractivity contribution is -0.141. The number of nitrogens with one attached hydrogen (secondary N) is 2. The number of benzene rings is 1. The second-order valence-corrected chi connectivity index (χ2v) is 5.64. The summed E-state index contributed by atoms with van der Waals surface area (Å²) in [6.45, 7) is 5.13. The number of rotatable bonds is 8. The molecule has 3 N–H and O–H groups in total. The van der Waals surface area contributed by atoms with Gasteiger partial charge in [-0.2, -0.15) is 0 Å². The van der Waals surface area contributed by atoms with E-state index < -0.39 is 30.1 Å². The van der Waals surface area contributed by atoms with E-state index in [2.05, 4.69) is 10.6 Å². The van der Waals surface area contributed by atoms with Gasteiger partial charge < -0.3 is 20.5 Å². The first-order chi connectivity index (χ1) is 11.3. The molecular formula is C17H24N2O5. The summed E-state index contributed by atoms with van der Waals surface area (Å²) < 4.78 is 5.11. The summed E-state index contributed by atoms with van der Waals surface area (Å²) in [6, 6.07) is 7.27. The second kappa shape index (κ2) is 9.54. The summed E-state index contributed by atoms with van der Waals surface area (Å²) in [6.07, 6.45) is -0.0827. The molecule has 7 heteroatoms. The number of carbonyl (C=O) groups is 3. The largest absolute Gasteiger partial charge is 0.480 e. The van der Waals surface area contributed by atoms with Gasteiger partial charge >= 0.3 is 12.1 Å². The van der Waals surface area contributed by atoms with Crippen molar-refractivity contribution in [2.45, 2.75) is 45.9 Å². The van der Waals surface area contributed by atoms with Crippen molar-refractivity contribution >= 4 is 18.0 Å². The van der Waals surface area contributed by atoms with Crippen molar-refractivity contribution in [3.63, 3.8) is 0 Å². The van der Waals surface area contributed by atoms with Gasteiger partial charge in [-0.1, -0.05) is 50.6 Å². The summed E-state index contributed by atoms with van der Waals surface area (Å²) in [5.41, 5.74) is 0.830. The highest BCUT2D eigenvalue weighted by Crippen LogP contribution is 2.09. The maximum absolute atomic E-state index is 12.2. The first-order valence-electron chi connectivity index (χ1n) is 7.85. The van der Waals surface area contributed by atoms with Crippen LogP contribution in [0.2, 0.25) is 0 Å². The lowest BCUT2D eigenvalue weighted by Gasteiger charge is -2.24. The van der Waals surface area contributed by atoms with Crippen molar-refractivity contribution in [2.75, 3.05) is 0 Å². The molecular weight excluding hydrogens is 312 g/mol. The fourth-order valence-corrected chi connectivity index (χ4v) is 1.96. The Balaban J connectivity index is 2.63. The van der Waals surface area contributed by atoms with Crippen molar-refractivity contribution in [3.05, 3.63) is 35.9 Å². The highest BCUT2D eigenvalue weighted by molar-refractivity contribution is 5.89. The van der Waals surface area contributed by atoms with Gasteiger partial charge in [0.15, 0.2) is 0 Å². The smallest absolute Gasteiger partial charge is 0.408 e. The average molecular weight is 336 g/mol. The molecule has 1 unspecified atom stereocenters. The quantitative estimate of drug-likeness (QED) is 0.673. The van der Waals surface area contributed by atoms with Gasteiger partial charge in [0.25, 0.3) is 0 Å². The van der Waals surface area contributed by atoms with E-state index in [1.165, 1.54) is 6.92 Å². The Kier molecular flexibility index (Phi) is 7.74. The maximum atomic E-state index is 12.2. The number of hydrogen-bond acceptors (Lipinski definition) is 4. The first-order valence-corrected chi connectivity index (χ1v) is 7.85. The Bertz CT molecular complexity index is 561.